The molecule has 53 heavy (non-hydrogen) atoms. The van der Waals surface area contributed by atoms with E-state index in [1.807, 2.05) is 60.7 Å². The summed E-state index contributed by atoms with van der Waals surface area (Å²) >= 11 is 0. The molecule has 254 valence electrons. The van der Waals surface area contributed by atoms with E-state index in [2.05, 4.69) is 129 Å². The average Bonchev–Trinajstić information content (AvgIpc) is 3.59. The molecule has 0 aliphatic heterocycles. The Hall–Kier alpha value is -6.43. The molecule has 0 bridgehead atoms. The predicted molar refractivity (Wildman–Crippen MR) is 223 cm³/mol. The highest BCUT2D eigenvalue weighted by atomic mass is 28.3. The molecule has 5 heteroatoms. The van der Waals surface area contributed by atoms with E-state index in [0.717, 1.165) is 49.8 Å². The maximum Gasteiger partial charge on any atom is 0.164 e. The number of hydrogen-bond acceptors (Lipinski definition) is 4. The molecule has 0 spiro atoms. The largest absolute Gasteiger partial charge is 0.456 e. The van der Waals surface area contributed by atoms with Crippen LogP contribution in [-0.4, -0.2) is 23.0 Å². The Labute approximate surface area is 310 Å². The number of hydrogen-bond donors (Lipinski definition) is 0. The summed E-state index contributed by atoms with van der Waals surface area (Å²) in [7, 11) is -1.35. The highest BCUT2D eigenvalue weighted by Gasteiger charge is 2.17. The SMILES string of the molecule is C[Si](C)(C)c1ccc(-c2cccc(-c3cccc(-c4cccc(-c5nc(-c6ccccc6)nc(-c6ccc7oc8ccccc8c7c6)n5)c4)c3)c2)cc1. The summed E-state index contributed by atoms with van der Waals surface area (Å²) in [5.41, 5.74) is 11.5. The van der Waals surface area contributed by atoms with Gasteiger partial charge in [0.1, 0.15) is 11.2 Å². The maximum atomic E-state index is 6.11. The smallest absolute Gasteiger partial charge is 0.164 e. The minimum absolute atomic E-state index is 0.614. The van der Waals surface area contributed by atoms with Crippen molar-refractivity contribution in [2.75, 3.05) is 0 Å². The van der Waals surface area contributed by atoms with Gasteiger partial charge in [-0.2, -0.15) is 0 Å². The normalized spacial score (nSPS) is 11.7. The summed E-state index contributed by atoms with van der Waals surface area (Å²) in [6.07, 6.45) is 0. The quantitative estimate of drug-likeness (QED) is 0.155. The lowest BCUT2D eigenvalue weighted by Gasteiger charge is -2.17. The molecule has 0 atom stereocenters. The van der Waals surface area contributed by atoms with E-state index in [4.69, 9.17) is 19.4 Å². The Bertz CT molecular complexity index is 2760. The number of para-hydroxylation sites is 1. The van der Waals surface area contributed by atoms with Crippen molar-refractivity contribution < 1.29 is 4.42 Å². The molecule has 0 aliphatic carbocycles. The molecule has 9 rings (SSSR count). The molecule has 0 saturated carbocycles. The fourth-order valence-corrected chi connectivity index (χ4v) is 8.14. The van der Waals surface area contributed by atoms with E-state index in [-0.39, 0.29) is 0 Å². The average molecular weight is 700 g/mol. The second-order valence-corrected chi connectivity index (χ2v) is 19.6. The highest BCUT2D eigenvalue weighted by Crippen LogP contribution is 2.34. The van der Waals surface area contributed by atoms with Crippen LogP contribution in [0, 0.1) is 0 Å². The summed E-state index contributed by atoms with van der Waals surface area (Å²) in [4.78, 5) is 15.1. The highest BCUT2D eigenvalue weighted by molar-refractivity contribution is 6.88. The van der Waals surface area contributed by atoms with Crippen molar-refractivity contribution in [3.63, 3.8) is 0 Å². The number of rotatable bonds is 7. The van der Waals surface area contributed by atoms with Gasteiger partial charge in [0.25, 0.3) is 0 Å². The Kier molecular flexibility index (Phi) is 8.13. The molecular weight excluding hydrogens is 663 g/mol. The molecule has 0 unspecified atom stereocenters. The number of benzene rings is 7. The fourth-order valence-electron chi connectivity index (χ4n) is 6.97. The maximum absolute atomic E-state index is 6.11. The van der Waals surface area contributed by atoms with Crippen LogP contribution in [-0.2, 0) is 0 Å². The van der Waals surface area contributed by atoms with Crippen LogP contribution in [0.2, 0.25) is 19.6 Å². The van der Waals surface area contributed by atoms with E-state index in [9.17, 15) is 0 Å². The summed E-state index contributed by atoms with van der Waals surface area (Å²) < 4.78 is 6.11. The third kappa shape index (κ3) is 6.48. The van der Waals surface area contributed by atoms with Crippen LogP contribution in [0.4, 0.5) is 0 Å². The van der Waals surface area contributed by atoms with Crippen molar-refractivity contribution in [3.8, 4) is 67.5 Å². The lowest BCUT2D eigenvalue weighted by molar-refractivity contribution is 0.669. The van der Waals surface area contributed by atoms with Gasteiger partial charge in [-0.3, -0.25) is 0 Å². The van der Waals surface area contributed by atoms with E-state index >= 15 is 0 Å². The number of aromatic nitrogens is 3. The molecule has 0 fully saturated rings. The van der Waals surface area contributed by atoms with Crippen molar-refractivity contribution in [2.45, 2.75) is 19.6 Å². The van der Waals surface area contributed by atoms with Gasteiger partial charge in [0.2, 0.25) is 0 Å². The van der Waals surface area contributed by atoms with Crippen LogP contribution in [0.25, 0.3) is 89.5 Å². The molecule has 7 aromatic carbocycles. The van der Waals surface area contributed by atoms with Crippen LogP contribution in [0.1, 0.15) is 0 Å². The Morgan fingerprint density at radius 2 is 0.774 bits per heavy atom. The molecule has 2 heterocycles. The molecule has 9 aromatic rings. The van der Waals surface area contributed by atoms with Crippen LogP contribution in [0.3, 0.4) is 0 Å². The van der Waals surface area contributed by atoms with E-state index in [0.29, 0.717) is 17.5 Å². The molecule has 0 radical (unpaired) electrons. The first-order valence-electron chi connectivity index (χ1n) is 18.0. The standard InChI is InChI=1S/C48H37N3OSi/c1-53(2,3)41-25-22-32(23-26-41)34-14-9-15-35(28-34)36-16-10-17-37(29-36)38-18-11-19-39(30-38)47-49-46(33-12-5-4-6-13-33)50-48(51-47)40-24-27-45-43(31-40)42-20-7-8-21-44(42)52-45/h4-31H,1-3H3. The van der Waals surface area contributed by atoms with Gasteiger partial charge in [-0.1, -0.05) is 152 Å². The Balaban J connectivity index is 1.09. The topological polar surface area (TPSA) is 51.8 Å². The monoisotopic (exact) mass is 699 g/mol. The first kappa shape index (κ1) is 32.5. The molecule has 0 saturated heterocycles. The van der Waals surface area contributed by atoms with Crippen LogP contribution >= 0.6 is 0 Å². The zero-order valence-electron chi connectivity index (χ0n) is 29.9. The number of furan rings is 1. The van der Waals surface area contributed by atoms with Crippen molar-refractivity contribution in [1.29, 1.82) is 0 Å². The van der Waals surface area contributed by atoms with Gasteiger partial charge < -0.3 is 4.42 Å². The lowest BCUT2D eigenvalue weighted by atomic mass is 9.95. The van der Waals surface area contributed by atoms with E-state index in [1.165, 1.54) is 27.4 Å². The van der Waals surface area contributed by atoms with Gasteiger partial charge in [-0.25, -0.2) is 15.0 Å². The zero-order valence-corrected chi connectivity index (χ0v) is 30.9. The van der Waals surface area contributed by atoms with E-state index < -0.39 is 8.07 Å². The van der Waals surface area contributed by atoms with Crippen molar-refractivity contribution in [3.05, 3.63) is 170 Å². The summed E-state index contributed by atoms with van der Waals surface area (Å²) in [5.74, 6) is 1.87. The van der Waals surface area contributed by atoms with Crippen LogP contribution in [0.5, 0.6) is 0 Å². The van der Waals surface area contributed by atoms with Gasteiger partial charge in [-0.05, 0) is 75.8 Å². The fraction of sp³-hybridized carbons (Fsp3) is 0.0625. The van der Waals surface area contributed by atoms with Gasteiger partial charge in [0.15, 0.2) is 17.5 Å². The van der Waals surface area contributed by atoms with Crippen molar-refractivity contribution in [2.24, 2.45) is 0 Å². The first-order valence-corrected chi connectivity index (χ1v) is 21.5. The molecule has 0 amide bonds. The lowest BCUT2D eigenvalue weighted by Crippen LogP contribution is -2.37. The first-order chi connectivity index (χ1) is 25.9. The van der Waals surface area contributed by atoms with Gasteiger partial charge in [-0.15, -0.1) is 0 Å². The zero-order chi connectivity index (χ0) is 35.9. The minimum atomic E-state index is -1.35. The van der Waals surface area contributed by atoms with E-state index in [1.54, 1.807) is 0 Å². The third-order valence-electron chi connectivity index (χ3n) is 9.90. The van der Waals surface area contributed by atoms with Crippen LogP contribution < -0.4 is 5.19 Å². The summed E-state index contributed by atoms with van der Waals surface area (Å²) in [6, 6.07) is 59.6. The minimum Gasteiger partial charge on any atom is -0.456 e. The number of nitrogens with zero attached hydrogens (tertiary/aromatic N) is 3. The van der Waals surface area contributed by atoms with Gasteiger partial charge in [0.05, 0.1) is 8.07 Å². The molecule has 0 aliphatic rings. The van der Waals surface area contributed by atoms with Crippen molar-refractivity contribution in [1.82, 2.24) is 15.0 Å². The Morgan fingerprint density at radius 1 is 0.340 bits per heavy atom. The second kappa shape index (κ2) is 13.3. The second-order valence-electron chi connectivity index (χ2n) is 14.6. The summed E-state index contributed by atoms with van der Waals surface area (Å²) in [5, 5.41) is 3.58. The molecule has 0 N–H and O–H groups in total. The van der Waals surface area contributed by atoms with Gasteiger partial charge in [0, 0.05) is 27.5 Å². The van der Waals surface area contributed by atoms with Crippen molar-refractivity contribution >= 4 is 35.2 Å². The molecular formula is C48H37N3OSi. The summed E-state index contributed by atoms with van der Waals surface area (Å²) in [6.45, 7) is 7.16. The number of fused-ring (bicyclic) bond motifs is 3. The van der Waals surface area contributed by atoms with Gasteiger partial charge >= 0.3 is 0 Å². The molecule has 4 nitrogen and oxygen atoms in total. The van der Waals surface area contributed by atoms with Crippen LogP contribution in [0.15, 0.2) is 174 Å². The third-order valence-corrected chi connectivity index (χ3v) is 12.0. The predicted octanol–water partition coefficient (Wildman–Crippen LogP) is 12.3. The Morgan fingerprint density at radius 3 is 1.38 bits per heavy atom. The molecule has 2 aromatic heterocycles.